The molecule has 0 aliphatic rings. The number of ether oxygens (including phenoxy) is 1. The van der Waals surface area contributed by atoms with E-state index in [2.05, 4.69) is 43.3 Å². The van der Waals surface area contributed by atoms with Crippen molar-refractivity contribution in [1.82, 2.24) is 30.1 Å². The van der Waals surface area contributed by atoms with Gasteiger partial charge in [0.05, 0.1) is 23.0 Å². The Hall–Kier alpha value is -3.97. The first kappa shape index (κ1) is 16.9. The zero-order chi connectivity index (χ0) is 20.1. The Morgan fingerprint density at radius 3 is 2.83 bits per heavy atom. The number of benzene rings is 2. The monoisotopic (exact) mass is 394 g/mol. The van der Waals surface area contributed by atoms with Gasteiger partial charge in [0, 0.05) is 47.1 Å². The standard InChI is InChI=1S/C23H18N6O/c1-30-12-13-5-4-8-19-20(13)27-23(26-19)21-16-9-14(10-25-22(16)29-28-21)17-11-24-18-7-3-2-6-15(17)18/h2-11,24H,12H2,1H3,(H,26,27)(H,25,28,29). The number of nitrogens with one attached hydrogen (secondary N) is 3. The molecule has 3 N–H and O–H groups in total. The van der Waals surface area contributed by atoms with Crippen molar-refractivity contribution in [2.45, 2.75) is 6.61 Å². The number of fused-ring (bicyclic) bond motifs is 3. The Balaban J connectivity index is 1.52. The van der Waals surface area contributed by atoms with Crippen molar-refractivity contribution in [2.24, 2.45) is 0 Å². The second-order valence-corrected chi connectivity index (χ2v) is 7.27. The molecule has 2 aromatic carbocycles. The van der Waals surface area contributed by atoms with Crippen LogP contribution in [-0.4, -0.2) is 37.2 Å². The van der Waals surface area contributed by atoms with Crippen LogP contribution in [0.25, 0.3) is 55.6 Å². The van der Waals surface area contributed by atoms with E-state index >= 15 is 0 Å². The summed E-state index contributed by atoms with van der Waals surface area (Å²) in [6, 6.07) is 16.4. The SMILES string of the molecule is COCc1cccc2[nH]c(-c3[nH]nc4ncc(-c5c[nH]c6ccccc56)cc34)nc12. The number of pyridine rings is 1. The fraction of sp³-hybridized carbons (Fsp3) is 0.0870. The van der Waals surface area contributed by atoms with E-state index in [1.807, 2.05) is 42.7 Å². The number of imidazole rings is 1. The minimum atomic E-state index is 0.512. The largest absolute Gasteiger partial charge is 0.380 e. The Bertz CT molecular complexity index is 1520. The van der Waals surface area contributed by atoms with Crippen LogP contribution in [0.3, 0.4) is 0 Å². The Kier molecular flexibility index (Phi) is 3.69. The van der Waals surface area contributed by atoms with Gasteiger partial charge in [0.25, 0.3) is 0 Å². The first-order chi connectivity index (χ1) is 14.8. The molecule has 4 aromatic heterocycles. The lowest BCUT2D eigenvalue weighted by molar-refractivity contribution is 0.186. The number of hydrogen-bond donors (Lipinski definition) is 3. The summed E-state index contributed by atoms with van der Waals surface area (Å²) < 4.78 is 5.31. The summed E-state index contributed by atoms with van der Waals surface area (Å²) in [5, 5.41) is 9.57. The van der Waals surface area contributed by atoms with Crippen molar-refractivity contribution >= 4 is 33.0 Å². The minimum Gasteiger partial charge on any atom is -0.380 e. The van der Waals surface area contributed by atoms with E-state index in [0.717, 1.165) is 55.5 Å². The molecule has 4 heterocycles. The van der Waals surface area contributed by atoms with Gasteiger partial charge in [0.2, 0.25) is 0 Å². The molecule has 0 spiro atoms. The molecular formula is C23H18N6O. The van der Waals surface area contributed by atoms with Gasteiger partial charge in [-0.15, -0.1) is 0 Å². The van der Waals surface area contributed by atoms with Crippen LogP contribution in [0.4, 0.5) is 0 Å². The van der Waals surface area contributed by atoms with Gasteiger partial charge < -0.3 is 14.7 Å². The Labute approximate surface area is 171 Å². The van der Waals surface area contributed by atoms with Crippen molar-refractivity contribution < 1.29 is 4.74 Å². The first-order valence-electron chi connectivity index (χ1n) is 9.69. The van der Waals surface area contributed by atoms with Gasteiger partial charge in [-0.2, -0.15) is 5.10 Å². The van der Waals surface area contributed by atoms with Gasteiger partial charge in [-0.1, -0.05) is 30.3 Å². The molecule has 0 bridgehead atoms. The van der Waals surface area contributed by atoms with Crippen molar-refractivity contribution in [1.29, 1.82) is 0 Å². The number of methoxy groups -OCH3 is 1. The first-order valence-corrected chi connectivity index (χ1v) is 9.69. The van der Waals surface area contributed by atoms with Crippen molar-refractivity contribution in [2.75, 3.05) is 7.11 Å². The van der Waals surface area contributed by atoms with Gasteiger partial charge in [-0.3, -0.25) is 5.10 Å². The third-order valence-corrected chi connectivity index (χ3v) is 5.44. The van der Waals surface area contributed by atoms with Crippen LogP contribution >= 0.6 is 0 Å². The van der Waals surface area contributed by atoms with Gasteiger partial charge in [0.15, 0.2) is 11.5 Å². The quantitative estimate of drug-likeness (QED) is 0.400. The summed E-state index contributed by atoms with van der Waals surface area (Å²) in [5.74, 6) is 0.730. The summed E-state index contributed by atoms with van der Waals surface area (Å²) in [6.07, 6.45) is 3.88. The molecule has 30 heavy (non-hydrogen) atoms. The van der Waals surface area contributed by atoms with Crippen molar-refractivity contribution in [3.8, 4) is 22.6 Å². The van der Waals surface area contributed by atoms with Crippen LogP contribution in [0.1, 0.15) is 5.56 Å². The topological polar surface area (TPSA) is 95.3 Å². The van der Waals surface area contributed by atoms with E-state index in [1.165, 1.54) is 0 Å². The van der Waals surface area contributed by atoms with Gasteiger partial charge in [-0.05, 0) is 18.2 Å². The maximum absolute atomic E-state index is 5.31. The molecule has 0 unspecified atom stereocenters. The van der Waals surface area contributed by atoms with Gasteiger partial charge in [-0.25, -0.2) is 9.97 Å². The zero-order valence-electron chi connectivity index (χ0n) is 16.2. The minimum absolute atomic E-state index is 0.512. The molecule has 0 atom stereocenters. The maximum atomic E-state index is 5.31. The predicted molar refractivity (Wildman–Crippen MR) is 117 cm³/mol. The highest BCUT2D eigenvalue weighted by molar-refractivity contribution is 5.99. The number of para-hydroxylation sites is 2. The molecule has 0 aliphatic heterocycles. The molecule has 0 aliphatic carbocycles. The molecule has 0 radical (unpaired) electrons. The second-order valence-electron chi connectivity index (χ2n) is 7.27. The predicted octanol–water partition coefficient (Wildman–Crippen LogP) is 4.80. The molecule has 6 aromatic rings. The third-order valence-electron chi connectivity index (χ3n) is 5.44. The molecule has 7 heteroatoms. The highest BCUT2D eigenvalue weighted by Gasteiger charge is 2.16. The number of rotatable bonds is 4. The van der Waals surface area contributed by atoms with Crippen molar-refractivity contribution in [3.05, 3.63) is 66.5 Å². The molecule has 7 nitrogen and oxygen atoms in total. The van der Waals surface area contributed by atoms with E-state index in [0.29, 0.717) is 12.3 Å². The van der Waals surface area contributed by atoms with Crippen LogP contribution < -0.4 is 0 Å². The fourth-order valence-corrected chi connectivity index (χ4v) is 4.02. The average molecular weight is 394 g/mol. The second kappa shape index (κ2) is 6.53. The molecule has 0 amide bonds. The number of hydrogen-bond acceptors (Lipinski definition) is 4. The molecule has 0 fully saturated rings. The summed E-state index contributed by atoms with van der Waals surface area (Å²) in [4.78, 5) is 16.1. The van der Waals surface area contributed by atoms with Crippen LogP contribution in [-0.2, 0) is 11.3 Å². The molecule has 0 saturated heterocycles. The Morgan fingerprint density at radius 2 is 1.90 bits per heavy atom. The van der Waals surface area contributed by atoms with Crippen LogP contribution in [0.15, 0.2) is 60.9 Å². The molecule has 0 saturated carbocycles. The lowest BCUT2D eigenvalue weighted by Crippen LogP contribution is -1.88. The lowest BCUT2D eigenvalue weighted by Gasteiger charge is -2.00. The normalized spacial score (nSPS) is 11.8. The average Bonchev–Trinajstić information content (AvgIpc) is 3.49. The summed E-state index contributed by atoms with van der Waals surface area (Å²) >= 11 is 0. The molecule has 146 valence electrons. The highest BCUT2D eigenvalue weighted by Crippen LogP contribution is 2.32. The van der Waals surface area contributed by atoms with Gasteiger partial charge >= 0.3 is 0 Å². The van der Waals surface area contributed by atoms with Gasteiger partial charge in [0.1, 0.15) is 5.69 Å². The third kappa shape index (κ3) is 2.53. The van der Waals surface area contributed by atoms with Crippen LogP contribution in [0.2, 0.25) is 0 Å². The van der Waals surface area contributed by atoms with Crippen LogP contribution in [0, 0.1) is 0 Å². The molecular weight excluding hydrogens is 376 g/mol. The lowest BCUT2D eigenvalue weighted by atomic mass is 10.1. The molecule has 6 rings (SSSR count). The summed E-state index contributed by atoms with van der Waals surface area (Å²) in [6.45, 7) is 0.512. The number of H-pyrrole nitrogens is 3. The van der Waals surface area contributed by atoms with Crippen LogP contribution in [0.5, 0.6) is 0 Å². The van der Waals surface area contributed by atoms with E-state index in [9.17, 15) is 0 Å². The van der Waals surface area contributed by atoms with Crippen molar-refractivity contribution in [3.63, 3.8) is 0 Å². The van der Waals surface area contributed by atoms with E-state index in [1.54, 1.807) is 7.11 Å². The Morgan fingerprint density at radius 1 is 1.00 bits per heavy atom. The summed E-state index contributed by atoms with van der Waals surface area (Å²) in [7, 11) is 1.69. The van der Waals surface area contributed by atoms with E-state index in [-0.39, 0.29) is 0 Å². The maximum Gasteiger partial charge on any atom is 0.181 e. The highest BCUT2D eigenvalue weighted by atomic mass is 16.5. The van der Waals surface area contributed by atoms with E-state index in [4.69, 9.17) is 9.72 Å². The van der Waals surface area contributed by atoms with E-state index < -0.39 is 0 Å². The smallest absolute Gasteiger partial charge is 0.181 e. The fourth-order valence-electron chi connectivity index (χ4n) is 4.02. The number of aromatic nitrogens is 6. The number of aromatic amines is 3. The number of nitrogens with zero attached hydrogens (tertiary/aromatic N) is 3. The summed E-state index contributed by atoms with van der Waals surface area (Å²) in [5.41, 5.74) is 7.62. The zero-order valence-corrected chi connectivity index (χ0v) is 16.2.